The van der Waals surface area contributed by atoms with E-state index in [0.717, 1.165) is 27.9 Å². The molecule has 0 radical (unpaired) electrons. The van der Waals surface area contributed by atoms with Crippen molar-refractivity contribution in [1.82, 2.24) is 24.0 Å². The second-order valence-corrected chi connectivity index (χ2v) is 13.7. The summed E-state index contributed by atoms with van der Waals surface area (Å²) in [4.78, 5) is 37.0. The Hall–Kier alpha value is -5.86. The molecule has 0 bridgehead atoms. The van der Waals surface area contributed by atoms with E-state index in [4.69, 9.17) is 25.7 Å². The maximum Gasteiger partial charge on any atom is 0.410 e. The quantitative estimate of drug-likeness (QED) is 0.187. The number of hydrogen-bond donors (Lipinski definition) is 1. The fraction of sp³-hybridized carbons (Fsp3) is 0.237. The highest BCUT2D eigenvalue weighted by atomic mass is 35.5. The van der Waals surface area contributed by atoms with Crippen molar-refractivity contribution in [3.8, 4) is 28.7 Å². The van der Waals surface area contributed by atoms with Gasteiger partial charge in [-0.05, 0) is 80.8 Å². The average Bonchev–Trinajstić information content (AvgIpc) is 3.87. The van der Waals surface area contributed by atoms with Gasteiger partial charge >= 0.3 is 6.09 Å². The van der Waals surface area contributed by atoms with E-state index in [1.807, 2.05) is 99.3 Å². The maximum atomic E-state index is 13.5. The number of oxazole rings is 1. The van der Waals surface area contributed by atoms with Gasteiger partial charge in [0.25, 0.3) is 5.91 Å². The minimum atomic E-state index is -0.613. The molecular weight excluding hydrogens is 654 g/mol. The van der Waals surface area contributed by atoms with Gasteiger partial charge in [0.1, 0.15) is 17.2 Å². The topological polar surface area (TPSA) is 131 Å². The zero-order chi connectivity index (χ0) is 35.3. The summed E-state index contributed by atoms with van der Waals surface area (Å²) in [5.74, 6) is 0.177. The number of halogens is 1. The van der Waals surface area contributed by atoms with Crippen molar-refractivity contribution in [3.63, 3.8) is 0 Å². The van der Waals surface area contributed by atoms with Crippen LogP contribution in [0, 0.1) is 18.3 Å². The fourth-order valence-corrected chi connectivity index (χ4v) is 6.50. The van der Waals surface area contributed by atoms with E-state index in [0.29, 0.717) is 57.6 Å². The molecule has 0 spiro atoms. The third-order valence-electron chi connectivity index (χ3n) is 8.64. The number of fused-ring (bicyclic) bond motifs is 2. The van der Waals surface area contributed by atoms with Crippen molar-refractivity contribution in [1.29, 1.82) is 5.26 Å². The highest BCUT2D eigenvalue weighted by Gasteiger charge is 2.33. The van der Waals surface area contributed by atoms with Crippen molar-refractivity contribution in [2.75, 3.05) is 5.32 Å². The average molecular weight is 688 g/mol. The van der Waals surface area contributed by atoms with Gasteiger partial charge in [0, 0.05) is 37.1 Å². The van der Waals surface area contributed by atoms with Crippen LogP contribution in [-0.4, -0.2) is 41.6 Å². The van der Waals surface area contributed by atoms with Gasteiger partial charge in [-0.1, -0.05) is 35.9 Å². The monoisotopic (exact) mass is 687 g/mol. The summed E-state index contributed by atoms with van der Waals surface area (Å²) in [5, 5.41) is 13.2. The number of nitriles is 1. The van der Waals surface area contributed by atoms with Crippen LogP contribution in [0.15, 0.2) is 77.5 Å². The van der Waals surface area contributed by atoms with Crippen LogP contribution in [0.3, 0.4) is 0 Å². The van der Waals surface area contributed by atoms with Gasteiger partial charge in [0.2, 0.25) is 5.89 Å². The number of nitrogens with zero attached hydrogens (tertiary/aromatic N) is 6. The van der Waals surface area contributed by atoms with Crippen LogP contribution in [0.25, 0.3) is 33.7 Å². The third-order valence-corrected chi connectivity index (χ3v) is 9.04. The molecule has 252 valence electrons. The lowest BCUT2D eigenvalue weighted by Gasteiger charge is -2.24. The van der Waals surface area contributed by atoms with Crippen molar-refractivity contribution >= 4 is 40.4 Å². The molecule has 7 rings (SSSR count). The van der Waals surface area contributed by atoms with Crippen LogP contribution >= 0.6 is 11.6 Å². The Bertz CT molecular complexity index is 2340. The summed E-state index contributed by atoms with van der Waals surface area (Å²) in [6.45, 7) is 8.56. The molecule has 2 amide bonds. The number of imidazole rings is 1. The van der Waals surface area contributed by atoms with Crippen molar-refractivity contribution in [2.24, 2.45) is 7.05 Å². The summed E-state index contributed by atoms with van der Waals surface area (Å²) in [6, 6.07) is 21.1. The van der Waals surface area contributed by atoms with Gasteiger partial charge in [-0.25, -0.2) is 14.8 Å². The van der Waals surface area contributed by atoms with Crippen molar-refractivity contribution in [3.05, 3.63) is 112 Å². The predicted octanol–water partition coefficient (Wildman–Crippen LogP) is 8.08. The predicted molar refractivity (Wildman–Crippen MR) is 190 cm³/mol. The molecule has 12 heteroatoms. The van der Waals surface area contributed by atoms with Crippen LogP contribution < -0.4 is 5.32 Å². The van der Waals surface area contributed by atoms with Crippen molar-refractivity contribution < 1.29 is 18.7 Å². The molecule has 50 heavy (non-hydrogen) atoms. The standard InChI is InChI=1S/C38H34ClN7O4/c1-22-25(10-8-11-26(22)36-43-29-17-23(19-45-14-6-7-15-45)16-24(18-40)33(29)49-36)27-12-9-13-28(32(27)39)42-35(47)34-41-30-20-46(21-31(30)44(34)5)37(48)50-38(2,3)4/h6-17H,19-21H2,1-5H3,(H,42,47). The lowest BCUT2D eigenvalue weighted by molar-refractivity contribution is 0.0237. The van der Waals surface area contributed by atoms with Gasteiger partial charge in [-0.15, -0.1) is 0 Å². The number of rotatable bonds is 6. The van der Waals surface area contributed by atoms with E-state index in [2.05, 4.69) is 16.4 Å². The second kappa shape index (κ2) is 12.5. The normalized spacial score (nSPS) is 12.6. The molecule has 1 aliphatic rings. The number of hydrogen-bond acceptors (Lipinski definition) is 7. The second-order valence-electron chi connectivity index (χ2n) is 13.3. The number of aromatic nitrogens is 4. The molecule has 0 saturated heterocycles. The van der Waals surface area contributed by atoms with Crippen molar-refractivity contribution in [2.45, 2.75) is 52.9 Å². The molecule has 0 unspecified atom stereocenters. The molecule has 4 heterocycles. The van der Waals surface area contributed by atoms with Gasteiger partial charge < -0.3 is 23.6 Å². The molecule has 0 atom stereocenters. The van der Waals surface area contributed by atoms with E-state index in [9.17, 15) is 14.9 Å². The number of amides is 2. The smallest absolute Gasteiger partial charge is 0.410 e. The number of anilines is 1. The molecule has 0 saturated carbocycles. The summed E-state index contributed by atoms with van der Waals surface area (Å²) in [5.41, 5.74) is 6.79. The molecule has 3 aromatic carbocycles. The Labute approximate surface area is 293 Å². The number of ether oxygens (including phenoxy) is 1. The van der Waals surface area contributed by atoms with E-state index in [-0.39, 0.29) is 12.4 Å². The lowest BCUT2D eigenvalue weighted by Crippen LogP contribution is -2.34. The van der Waals surface area contributed by atoms with Crippen LogP contribution in [0.5, 0.6) is 0 Å². The Morgan fingerprint density at radius 2 is 1.74 bits per heavy atom. The summed E-state index contributed by atoms with van der Waals surface area (Å²) in [6.07, 6.45) is 3.51. The molecular formula is C38H34ClN7O4. The van der Waals surface area contributed by atoms with Crippen LogP contribution in [0.4, 0.5) is 10.5 Å². The largest absolute Gasteiger partial charge is 0.444 e. The van der Waals surface area contributed by atoms with Gasteiger partial charge in [-0.2, -0.15) is 5.26 Å². The third kappa shape index (κ3) is 6.10. The van der Waals surface area contributed by atoms with Crippen LogP contribution in [0.1, 0.15) is 59.5 Å². The zero-order valence-electron chi connectivity index (χ0n) is 28.2. The number of benzene rings is 3. The minimum Gasteiger partial charge on any atom is -0.444 e. The number of carbonyl (C=O) groups excluding carboxylic acids is 2. The lowest BCUT2D eigenvalue weighted by atomic mass is 9.96. The maximum absolute atomic E-state index is 13.5. The molecule has 0 fully saturated rings. The van der Waals surface area contributed by atoms with Gasteiger partial charge in [-0.3, -0.25) is 9.69 Å². The van der Waals surface area contributed by atoms with E-state index in [1.54, 1.807) is 22.6 Å². The van der Waals surface area contributed by atoms with Crippen LogP contribution in [0.2, 0.25) is 5.02 Å². The van der Waals surface area contributed by atoms with Crippen LogP contribution in [-0.2, 0) is 31.4 Å². The number of nitrogens with one attached hydrogen (secondary N) is 1. The number of carbonyl (C=O) groups is 2. The summed E-state index contributed by atoms with van der Waals surface area (Å²) in [7, 11) is 1.75. The minimum absolute atomic E-state index is 0.211. The molecule has 3 aromatic heterocycles. The first-order chi connectivity index (χ1) is 23.9. The molecule has 11 nitrogen and oxygen atoms in total. The Morgan fingerprint density at radius 1 is 1.02 bits per heavy atom. The highest BCUT2D eigenvalue weighted by molar-refractivity contribution is 6.36. The van der Waals surface area contributed by atoms with E-state index in [1.165, 1.54) is 0 Å². The fourth-order valence-electron chi connectivity index (χ4n) is 6.23. The Kier molecular flexibility index (Phi) is 8.20. The Balaban J connectivity index is 1.14. The Morgan fingerprint density at radius 3 is 2.46 bits per heavy atom. The van der Waals surface area contributed by atoms with Gasteiger partial charge in [0.05, 0.1) is 40.8 Å². The first-order valence-corrected chi connectivity index (χ1v) is 16.4. The first-order valence-electron chi connectivity index (χ1n) is 16.1. The molecule has 6 aromatic rings. The summed E-state index contributed by atoms with van der Waals surface area (Å²) >= 11 is 6.97. The molecule has 1 aliphatic heterocycles. The molecule has 0 aliphatic carbocycles. The van der Waals surface area contributed by atoms with E-state index < -0.39 is 17.6 Å². The SMILES string of the molecule is Cc1c(-c2nc3cc(Cn4cccc4)cc(C#N)c3o2)cccc1-c1cccc(NC(=O)c2nc3c(n2C)CN(C(=O)OC(C)(C)C)C3)c1Cl. The van der Waals surface area contributed by atoms with E-state index >= 15 is 0 Å². The molecule has 1 N–H and O–H groups in total. The zero-order valence-corrected chi connectivity index (χ0v) is 29.0. The van der Waals surface area contributed by atoms with Gasteiger partial charge in [0.15, 0.2) is 11.4 Å². The highest BCUT2D eigenvalue weighted by Crippen LogP contribution is 2.39. The summed E-state index contributed by atoms with van der Waals surface area (Å²) < 4.78 is 15.4. The first kappa shape index (κ1) is 32.7.